The molecule has 0 fully saturated rings. The van der Waals surface area contributed by atoms with E-state index in [4.69, 9.17) is 21.1 Å². The van der Waals surface area contributed by atoms with E-state index in [2.05, 4.69) is 5.32 Å². The predicted molar refractivity (Wildman–Crippen MR) is 136 cm³/mol. The number of carbonyl (C=O) groups excluding carboxylic acids is 2. The van der Waals surface area contributed by atoms with Gasteiger partial charge >= 0.3 is 6.09 Å². The van der Waals surface area contributed by atoms with Gasteiger partial charge in [-0.2, -0.15) is 0 Å². The van der Waals surface area contributed by atoms with E-state index in [0.29, 0.717) is 33.3 Å². The summed E-state index contributed by atoms with van der Waals surface area (Å²) in [4.78, 5) is 26.4. The van der Waals surface area contributed by atoms with Gasteiger partial charge in [0.05, 0.1) is 24.8 Å². The number of hydroxylamine groups is 2. The Kier molecular flexibility index (Phi) is 8.25. The number of methoxy groups -OCH3 is 1. The van der Waals surface area contributed by atoms with Gasteiger partial charge in [-0.15, -0.1) is 0 Å². The topological polar surface area (TPSA) is 88.1 Å². The summed E-state index contributed by atoms with van der Waals surface area (Å²) >= 11 is 6.16. The number of ketones is 1. The summed E-state index contributed by atoms with van der Waals surface area (Å²) in [6, 6.07) is 11.6. The van der Waals surface area contributed by atoms with Gasteiger partial charge in [0, 0.05) is 28.8 Å². The molecule has 0 aliphatic carbocycles. The molecular weight excluding hydrogens is 468 g/mol. The van der Waals surface area contributed by atoms with Gasteiger partial charge in [0.25, 0.3) is 0 Å². The monoisotopic (exact) mass is 498 g/mol. The van der Waals surface area contributed by atoms with Crippen LogP contribution in [0.4, 0.5) is 10.5 Å². The molecule has 0 saturated carbocycles. The Bertz CT molecular complexity index is 1150. The van der Waals surface area contributed by atoms with Crippen molar-refractivity contribution in [2.45, 2.75) is 51.7 Å². The molecule has 1 aliphatic rings. The lowest BCUT2D eigenvalue weighted by molar-refractivity contribution is -0.0783. The van der Waals surface area contributed by atoms with E-state index >= 15 is 0 Å². The van der Waals surface area contributed by atoms with Gasteiger partial charge in [-0.05, 0) is 57.5 Å². The Balaban J connectivity index is 2.08. The van der Waals surface area contributed by atoms with Gasteiger partial charge in [-0.1, -0.05) is 42.0 Å². The van der Waals surface area contributed by atoms with Gasteiger partial charge in [0.2, 0.25) is 0 Å². The van der Waals surface area contributed by atoms with Crippen molar-refractivity contribution >= 4 is 29.2 Å². The summed E-state index contributed by atoms with van der Waals surface area (Å²) in [6.45, 7) is 7.15. The molecular formula is C27H31ClN2O5. The molecule has 8 heteroatoms. The zero-order chi connectivity index (χ0) is 25.8. The number of hydrogen-bond donors (Lipinski definition) is 2. The lowest BCUT2D eigenvalue weighted by Crippen LogP contribution is -2.31. The average Bonchev–Trinajstić information content (AvgIpc) is 2.78. The molecule has 0 aromatic heterocycles. The molecule has 35 heavy (non-hydrogen) atoms. The van der Waals surface area contributed by atoms with Gasteiger partial charge in [-0.3, -0.25) is 20.4 Å². The van der Waals surface area contributed by atoms with Crippen molar-refractivity contribution in [1.29, 1.82) is 0 Å². The van der Waals surface area contributed by atoms with Crippen molar-refractivity contribution in [2.75, 3.05) is 12.4 Å². The molecule has 3 rings (SSSR count). The molecule has 2 aromatic rings. The first-order valence-corrected chi connectivity index (χ1v) is 11.7. The molecule has 1 heterocycles. The molecule has 2 unspecified atom stereocenters. The minimum atomic E-state index is -0.746. The van der Waals surface area contributed by atoms with E-state index in [1.165, 1.54) is 7.11 Å². The first kappa shape index (κ1) is 26.3. The Morgan fingerprint density at radius 3 is 2.60 bits per heavy atom. The van der Waals surface area contributed by atoms with Crippen LogP contribution in [0.3, 0.4) is 0 Å². The van der Waals surface area contributed by atoms with Crippen LogP contribution in [0.25, 0.3) is 0 Å². The molecule has 186 valence electrons. The zero-order valence-electron chi connectivity index (χ0n) is 20.5. The number of amides is 1. The van der Waals surface area contributed by atoms with E-state index in [1.807, 2.05) is 19.1 Å². The Morgan fingerprint density at radius 1 is 1.20 bits per heavy atom. The average molecular weight is 499 g/mol. The number of hydrogen-bond acceptors (Lipinski definition) is 6. The third kappa shape index (κ3) is 6.87. The second-order valence-corrected chi connectivity index (χ2v) is 9.78. The minimum Gasteiger partial charge on any atom is -0.497 e. The standard InChI is InChI=1S/C27H31ClN2O5/c1-17-8-6-11-20(30(17)33)15-23(25(31)18-9-7-10-19(28)14-18)22-13-12-21(34-5)16-24(22)29-26(32)35-27(2,3)4/h6-14,16-17,23,33H,15H2,1-5H3,(H,29,32). The Labute approximate surface area is 210 Å². The number of Topliss-reactive ketones (excluding diaryl/α,β-unsaturated/α-hetero) is 1. The zero-order valence-corrected chi connectivity index (χ0v) is 21.3. The van der Waals surface area contributed by atoms with E-state index in [0.717, 1.165) is 5.06 Å². The van der Waals surface area contributed by atoms with Gasteiger partial charge < -0.3 is 9.47 Å². The van der Waals surface area contributed by atoms with Gasteiger partial charge in [-0.25, -0.2) is 4.79 Å². The molecule has 1 aliphatic heterocycles. The van der Waals surface area contributed by atoms with Crippen molar-refractivity contribution in [3.05, 3.63) is 82.5 Å². The van der Waals surface area contributed by atoms with Crippen LogP contribution in [-0.4, -0.2) is 40.9 Å². The molecule has 7 nitrogen and oxygen atoms in total. The maximum absolute atomic E-state index is 13.8. The third-order valence-corrected chi connectivity index (χ3v) is 5.70. The number of ether oxygens (including phenoxy) is 2. The van der Waals surface area contributed by atoms with Crippen molar-refractivity contribution in [3.63, 3.8) is 0 Å². The van der Waals surface area contributed by atoms with Crippen molar-refractivity contribution in [2.24, 2.45) is 0 Å². The van der Waals surface area contributed by atoms with Crippen LogP contribution in [0.15, 0.2) is 66.4 Å². The molecule has 0 bridgehead atoms. The van der Waals surface area contributed by atoms with Crippen LogP contribution < -0.4 is 10.1 Å². The van der Waals surface area contributed by atoms with Gasteiger partial charge in [0.15, 0.2) is 5.78 Å². The molecule has 0 spiro atoms. The number of benzene rings is 2. The number of rotatable bonds is 7. The highest BCUT2D eigenvalue weighted by atomic mass is 35.5. The highest BCUT2D eigenvalue weighted by molar-refractivity contribution is 6.31. The number of nitrogens with zero attached hydrogens (tertiary/aromatic N) is 1. The summed E-state index contributed by atoms with van der Waals surface area (Å²) in [6.07, 6.45) is 4.99. The maximum Gasteiger partial charge on any atom is 0.412 e. The minimum absolute atomic E-state index is 0.186. The number of allylic oxidation sites excluding steroid dienone is 3. The number of nitrogens with one attached hydrogen (secondary N) is 1. The van der Waals surface area contributed by atoms with Crippen molar-refractivity contribution in [1.82, 2.24) is 5.06 Å². The summed E-state index contributed by atoms with van der Waals surface area (Å²) in [5.74, 6) is -0.448. The first-order valence-electron chi connectivity index (χ1n) is 11.3. The van der Waals surface area contributed by atoms with Crippen LogP contribution >= 0.6 is 11.6 Å². The second kappa shape index (κ2) is 11.0. The summed E-state index contributed by atoms with van der Waals surface area (Å²) < 4.78 is 10.8. The SMILES string of the molecule is COc1ccc(C(CC2=CC=CC(C)N2O)C(=O)c2cccc(Cl)c2)c(NC(=O)OC(C)(C)C)c1. The fourth-order valence-electron chi connectivity index (χ4n) is 3.79. The predicted octanol–water partition coefficient (Wildman–Crippen LogP) is 6.59. The fraction of sp³-hybridized carbons (Fsp3) is 0.333. The van der Waals surface area contributed by atoms with Crippen molar-refractivity contribution in [3.8, 4) is 5.75 Å². The first-order chi connectivity index (χ1) is 16.5. The van der Waals surface area contributed by atoms with E-state index in [-0.39, 0.29) is 18.2 Å². The molecule has 0 radical (unpaired) electrons. The smallest absolute Gasteiger partial charge is 0.412 e. The van der Waals surface area contributed by atoms with Crippen LogP contribution in [-0.2, 0) is 4.74 Å². The summed E-state index contributed by atoms with van der Waals surface area (Å²) in [5, 5.41) is 15.0. The quantitative estimate of drug-likeness (QED) is 0.419. The highest BCUT2D eigenvalue weighted by Crippen LogP contribution is 2.37. The van der Waals surface area contributed by atoms with Crippen LogP contribution in [0.5, 0.6) is 5.75 Å². The molecule has 2 atom stereocenters. The lowest BCUT2D eigenvalue weighted by atomic mass is 9.85. The van der Waals surface area contributed by atoms with Crippen LogP contribution in [0.1, 0.15) is 56.0 Å². The Morgan fingerprint density at radius 2 is 1.94 bits per heavy atom. The highest BCUT2D eigenvalue weighted by Gasteiger charge is 2.30. The van der Waals surface area contributed by atoms with E-state index in [1.54, 1.807) is 69.3 Å². The van der Waals surface area contributed by atoms with Crippen molar-refractivity contribution < 1.29 is 24.3 Å². The molecule has 2 aromatic carbocycles. The molecule has 2 N–H and O–H groups in total. The summed E-state index contributed by atoms with van der Waals surface area (Å²) in [7, 11) is 1.52. The van der Waals surface area contributed by atoms with E-state index < -0.39 is 17.6 Å². The van der Waals surface area contributed by atoms with Crippen LogP contribution in [0, 0.1) is 0 Å². The van der Waals surface area contributed by atoms with E-state index in [9.17, 15) is 14.8 Å². The Hall–Kier alpha value is -3.29. The second-order valence-electron chi connectivity index (χ2n) is 9.34. The third-order valence-electron chi connectivity index (χ3n) is 5.47. The number of anilines is 1. The fourth-order valence-corrected chi connectivity index (χ4v) is 3.98. The summed E-state index contributed by atoms with van der Waals surface area (Å²) in [5.41, 5.74) is 1.22. The number of halogens is 1. The number of carbonyl (C=O) groups is 2. The molecule has 0 saturated heterocycles. The van der Waals surface area contributed by atoms with Gasteiger partial charge in [0.1, 0.15) is 11.4 Å². The normalized spacial score (nSPS) is 16.4. The van der Waals surface area contributed by atoms with Crippen LogP contribution in [0.2, 0.25) is 5.02 Å². The largest absolute Gasteiger partial charge is 0.497 e. The lowest BCUT2D eigenvalue weighted by Gasteiger charge is -2.30. The molecule has 1 amide bonds. The maximum atomic E-state index is 13.8.